The number of nitrogens with two attached hydrogens (primary N) is 1. The first-order valence-electron chi connectivity index (χ1n) is 5.43. The van der Waals surface area contributed by atoms with E-state index in [9.17, 15) is 8.42 Å². The number of nitrogens with zero attached hydrogens (tertiary/aromatic N) is 2. The van der Waals surface area contributed by atoms with Crippen molar-refractivity contribution in [2.45, 2.75) is 11.4 Å². The number of pyridine rings is 1. The summed E-state index contributed by atoms with van der Waals surface area (Å²) in [5.74, 6) is 0. The molecule has 4 N–H and O–H groups in total. The molecule has 18 heavy (non-hydrogen) atoms. The number of aliphatic hydroxyl groups excluding tert-OH is 2. The van der Waals surface area contributed by atoms with Crippen LogP contribution in [0.5, 0.6) is 0 Å². The molecule has 1 heterocycles. The van der Waals surface area contributed by atoms with Crippen molar-refractivity contribution in [2.24, 2.45) is 5.73 Å². The summed E-state index contributed by atoms with van der Waals surface area (Å²) in [6, 6.07) is 2.91. The molecular formula is C10H17N3O4S. The number of aliphatic hydroxyl groups is 2. The van der Waals surface area contributed by atoms with Gasteiger partial charge in [0.15, 0.2) is 0 Å². The molecule has 1 rings (SSSR count). The van der Waals surface area contributed by atoms with Crippen LogP contribution in [0.2, 0.25) is 0 Å². The largest absolute Gasteiger partial charge is 0.395 e. The Morgan fingerprint density at radius 1 is 1.28 bits per heavy atom. The average Bonchev–Trinajstić information content (AvgIpc) is 2.38. The minimum absolute atomic E-state index is 0.00148. The van der Waals surface area contributed by atoms with E-state index >= 15 is 0 Å². The molecule has 1 aromatic heterocycles. The monoisotopic (exact) mass is 275 g/mol. The summed E-state index contributed by atoms with van der Waals surface area (Å²) < 4.78 is 25.6. The molecule has 0 amide bonds. The van der Waals surface area contributed by atoms with Crippen molar-refractivity contribution in [2.75, 3.05) is 26.3 Å². The zero-order valence-corrected chi connectivity index (χ0v) is 10.7. The summed E-state index contributed by atoms with van der Waals surface area (Å²) in [5.41, 5.74) is 5.71. The molecule has 0 atom stereocenters. The van der Waals surface area contributed by atoms with Crippen molar-refractivity contribution in [3.63, 3.8) is 0 Å². The number of aromatic nitrogens is 1. The molecule has 0 aliphatic carbocycles. The maximum absolute atomic E-state index is 12.3. The third-order valence-electron chi connectivity index (χ3n) is 2.36. The van der Waals surface area contributed by atoms with Crippen LogP contribution in [0, 0.1) is 0 Å². The molecule has 0 aliphatic heterocycles. The molecule has 102 valence electrons. The fourth-order valence-electron chi connectivity index (χ4n) is 1.53. The minimum atomic E-state index is -3.80. The average molecular weight is 275 g/mol. The lowest BCUT2D eigenvalue weighted by Gasteiger charge is -2.21. The van der Waals surface area contributed by atoms with Crippen LogP contribution in [-0.2, 0) is 16.6 Å². The summed E-state index contributed by atoms with van der Waals surface area (Å²) in [4.78, 5) is 3.92. The molecule has 0 fully saturated rings. The third-order valence-corrected chi connectivity index (χ3v) is 4.33. The number of sulfonamides is 1. The van der Waals surface area contributed by atoms with Crippen LogP contribution in [0.25, 0.3) is 0 Å². The van der Waals surface area contributed by atoms with Gasteiger partial charge in [0, 0.05) is 25.8 Å². The van der Waals surface area contributed by atoms with E-state index in [-0.39, 0.29) is 43.4 Å². The summed E-state index contributed by atoms with van der Waals surface area (Å²) >= 11 is 0. The first kappa shape index (κ1) is 15.0. The van der Waals surface area contributed by atoms with Gasteiger partial charge < -0.3 is 15.9 Å². The van der Waals surface area contributed by atoms with Gasteiger partial charge in [0.1, 0.15) is 4.90 Å². The Labute approximate surface area is 106 Å². The Morgan fingerprint density at radius 3 is 2.39 bits per heavy atom. The molecule has 8 heteroatoms. The lowest BCUT2D eigenvalue weighted by atomic mass is 10.3. The fraction of sp³-hybridized carbons (Fsp3) is 0.500. The fourth-order valence-corrected chi connectivity index (χ4v) is 3.13. The highest BCUT2D eigenvalue weighted by Crippen LogP contribution is 2.17. The van der Waals surface area contributed by atoms with E-state index in [1.54, 1.807) is 0 Å². The maximum Gasteiger partial charge on any atom is 0.245 e. The SMILES string of the molecule is NCc1ncccc1S(=O)(=O)N(CCO)CCO. The van der Waals surface area contributed by atoms with Crippen LogP contribution in [-0.4, -0.2) is 54.2 Å². The summed E-state index contributed by atoms with van der Waals surface area (Å²) in [6.07, 6.45) is 1.46. The topological polar surface area (TPSA) is 117 Å². The van der Waals surface area contributed by atoms with Crippen molar-refractivity contribution < 1.29 is 18.6 Å². The van der Waals surface area contributed by atoms with E-state index in [4.69, 9.17) is 15.9 Å². The van der Waals surface area contributed by atoms with Gasteiger partial charge in [0.25, 0.3) is 0 Å². The Bertz CT molecular complexity index is 472. The summed E-state index contributed by atoms with van der Waals surface area (Å²) in [6.45, 7) is -0.806. The van der Waals surface area contributed by atoms with Gasteiger partial charge in [-0.25, -0.2) is 8.42 Å². The molecule has 7 nitrogen and oxygen atoms in total. The number of hydrogen-bond donors (Lipinski definition) is 3. The first-order chi connectivity index (χ1) is 8.57. The van der Waals surface area contributed by atoms with Gasteiger partial charge >= 0.3 is 0 Å². The minimum Gasteiger partial charge on any atom is -0.395 e. The van der Waals surface area contributed by atoms with Crippen molar-refractivity contribution in [1.82, 2.24) is 9.29 Å². The number of rotatable bonds is 7. The van der Waals surface area contributed by atoms with Crippen molar-refractivity contribution >= 4 is 10.0 Å². The quantitative estimate of drug-likeness (QED) is 0.558. The van der Waals surface area contributed by atoms with Gasteiger partial charge in [-0.15, -0.1) is 0 Å². The first-order valence-corrected chi connectivity index (χ1v) is 6.87. The van der Waals surface area contributed by atoms with Gasteiger partial charge in [-0.3, -0.25) is 4.98 Å². The highest BCUT2D eigenvalue weighted by atomic mass is 32.2. The van der Waals surface area contributed by atoms with E-state index < -0.39 is 10.0 Å². The van der Waals surface area contributed by atoms with Crippen LogP contribution >= 0.6 is 0 Å². The smallest absolute Gasteiger partial charge is 0.245 e. The molecule has 0 radical (unpaired) electrons. The molecule has 0 aromatic carbocycles. The highest BCUT2D eigenvalue weighted by molar-refractivity contribution is 7.89. The van der Waals surface area contributed by atoms with Crippen LogP contribution in [0.1, 0.15) is 5.69 Å². The van der Waals surface area contributed by atoms with Crippen molar-refractivity contribution in [3.05, 3.63) is 24.0 Å². The van der Waals surface area contributed by atoms with Gasteiger partial charge in [-0.1, -0.05) is 0 Å². The van der Waals surface area contributed by atoms with Gasteiger partial charge in [-0.2, -0.15) is 4.31 Å². The molecule has 0 bridgehead atoms. The normalized spacial score (nSPS) is 12.0. The lowest BCUT2D eigenvalue weighted by molar-refractivity contribution is 0.217. The Balaban J connectivity index is 3.17. The molecule has 0 saturated carbocycles. The van der Waals surface area contributed by atoms with Crippen molar-refractivity contribution in [3.8, 4) is 0 Å². The Kier molecular flexibility index (Phi) is 5.63. The summed E-state index contributed by atoms with van der Waals surface area (Å²) in [5, 5.41) is 17.7. The van der Waals surface area contributed by atoms with Crippen LogP contribution < -0.4 is 5.73 Å². The van der Waals surface area contributed by atoms with Gasteiger partial charge in [0.05, 0.1) is 18.9 Å². The predicted octanol–water partition coefficient (Wildman–Crippen LogP) is -1.48. The second kappa shape index (κ2) is 6.76. The maximum atomic E-state index is 12.3. The van der Waals surface area contributed by atoms with Crippen LogP contribution in [0.15, 0.2) is 23.2 Å². The Morgan fingerprint density at radius 2 is 1.89 bits per heavy atom. The van der Waals surface area contributed by atoms with Gasteiger partial charge in [0.2, 0.25) is 10.0 Å². The zero-order chi connectivity index (χ0) is 13.6. The molecule has 0 unspecified atom stereocenters. The van der Waals surface area contributed by atoms with E-state index in [1.807, 2.05) is 0 Å². The van der Waals surface area contributed by atoms with E-state index in [0.29, 0.717) is 0 Å². The summed E-state index contributed by atoms with van der Waals surface area (Å²) in [7, 11) is -3.80. The predicted molar refractivity (Wildman–Crippen MR) is 65.1 cm³/mol. The van der Waals surface area contributed by atoms with E-state index in [2.05, 4.69) is 4.98 Å². The number of hydrogen-bond acceptors (Lipinski definition) is 6. The highest BCUT2D eigenvalue weighted by Gasteiger charge is 2.26. The Hall–Kier alpha value is -1.06. The standard InChI is InChI=1S/C10H17N3O4S/c11-8-9-10(2-1-3-12-9)18(16,17)13(4-6-14)5-7-15/h1-3,14-15H,4-8,11H2. The molecule has 0 saturated heterocycles. The lowest BCUT2D eigenvalue weighted by Crippen LogP contribution is -2.36. The van der Waals surface area contributed by atoms with Crippen LogP contribution in [0.3, 0.4) is 0 Å². The zero-order valence-electron chi connectivity index (χ0n) is 9.86. The van der Waals surface area contributed by atoms with Gasteiger partial charge in [-0.05, 0) is 12.1 Å². The molecular weight excluding hydrogens is 258 g/mol. The van der Waals surface area contributed by atoms with E-state index in [0.717, 1.165) is 4.31 Å². The van der Waals surface area contributed by atoms with E-state index in [1.165, 1.54) is 18.3 Å². The molecule has 0 aliphatic rings. The molecule has 1 aromatic rings. The van der Waals surface area contributed by atoms with Crippen LogP contribution in [0.4, 0.5) is 0 Å². The second-order valence-electron chi connectivity index (χ2n) is 3.50. The second-order valence-corrected chi connectivity index (χ2v) is 5.41. The van der Waals surface area contributed by atoms with Crippen molar-refractivity contribution in [1.29, 1.82) is 0 Å². The third kappa shape index (κ3) is 3.24. The molecule has 0 spiro atoms.